The minimum atomic E-state index is -3.42. The molecule has 9 heavy (non-hydrogen) atoms. The van der Waals surface area contributed by atoms with Crippen LogP contribution >= 0.6 is 11.6 Å². The standard InChI is InChI=1S/C4H5ClF2O2/c5-4(6,7)2-1-3(8)9/h1-2H2,(H,8,9)/p-1. The Morgan fingerprint density at radius 2 is 2.11 bits per heavy atom. The lowest BCUT2D eigenvalue weighted by Crippen LogP contribution is -2.23. The van der Waals surface area contributed by atoms with E-state index in [-0.39, 0.29) is 0 Å². The van der Waals surface area contributed by atoms with Gasteiger partial charge in [0.05, 0.1) is 0 Å². The fraction of sp³-hybridized carbons (Fsp3) is 0.750. The van der Waals surface area contributed by atoms with Gasteiger partial charge < -0.3 is 9.90 Å². The van der Waals surface area contributed by atoms with Crippen LogP contribution in [0.4, 0.5) is 8.78 Å². The molecule has 0 unspecified atom stereocenters. The summed E-state index contributed by atoms with van der Waals surface area (Å²) in [5.74, 6) is -1.52. The number of rotatable bonds is 3. The van der Waals surface area contributed by atoms with Gasteiger partial charge in [-0.1, -0.05) is 0 Å². The van der Waals surface area contributed by atoms with Gasteiger partial charge in [-0.3, -0.25) is 0 Å². The first-order chi connectivity index (χ1) is 3.92. The van der Waals surface area contributed by atoms with Crippen molar-refractivity contribution in [1.29, 1.82) is 0 Å². The predicted octanol–water partition coefficient (Wildman–Crippen LogP) is 0.348. The highest BCUT2D eigenvalue weighted by Crippen LogP contribution is 2.24. The summed E-state index contributed by atoms with van der Waals surface area (Å²) in [5, 5.41) is 6.13. The Morgan fingerprint density at radius 3 is 2.22 bits per heavy atom. The summed E-state index contributed by atoms with van der Waals surface area (Å²) in [4.78, 5) is 9.54. The number of carbonyl (C=O) groups excluding carboxylic acids is 1. The van der Waals surface area contributed by atoms with Crippen LogP contribution in [0.5, 0.6) is 0 Å². The van der Waals surface area contributed by atoms with E-state index in [4.69, 9.17) is 0 Å². The second-order valence-electron chi connectivity index (χ2n) is 1.49. The Balaban J connectivity index is 3.39. The fourth-order valence-electron chi connectivity index (χ4n) is 0.244. The molecule has 0 saturated heterocycles. The summed E-state index contributed by atoms with van der Waals surface area (Å²) in [6.45, 7) is 0. The van der Waals surface area contributed by atoms with E-state index in [1.54, 1.807) is 0 Å². The van der Waals surface area contributed by atoms with Crippen LogP contribution in [0.3, 0.4) is 0 Å². The molecule has 0 aromatic heterocycles. The normalized spacial score (nSPS) is 11.4. The van der Waals surface area contributed by atoms with Gasteiger partial charge in [0.2, 0.25) is 0 Å². The van der Waals surface area contributed by atoms with Gasteiger partial charge in [0.15, 0.2) is 0 Å². The summed E-state index contributed by atoms with van der Waals surface area (Å²) in [7, 11) is 0. The van der Waals surface area contributed by atoms with Gasteiger partial charge in [0.25, 0.3) is 0 Å². The van der Waals surface area contributed by atoms with Crippen LogP contribution in [0.1, 0.15) is 12.8 Å². The Morgan fingerprint density at radius 1 is 1.67 bits per heavy atom. The minimum Gasteiger partial charge on any atom is -0.550 e. The van der Waals surface area contributed by atoms with Gasteiger partial charge >= 0.3 is 5.38 Å². The van der Waals surface area contributed by atoms with E-state index in [0.29, 0.717) is 0 Å². The minimum absolute atomic E-state index is 0.712. The van der Waals surface area contributed by atoms with E-state index < -0.39 is 24.2 Å². The molecule has 5 heteroatoms. The number of carbonyl (C=O) groups is 1. The maximum Gasteiger partial charge on any atom is 0.322 e. The lowest BCUT2D eigenvalue weighted by Gasteiger charge is -2.06. The highest BCUT2D eigenvalue weighted by Gasteiger charge is 2.23. The van der Waals surface area contributed by atoms with Crippen molar-refractivity contribution >= 4 is 17.6 Å². The number of hydrogen-bond acceptors (Lipinski definition) is 2. The summed E-state index contributed by atoms with van der Waals surface area (Å²) < 4.78 is 23.1. The van der Waals surface area contributed by atoms with Gasteiger partial charge in [-0.25, -0.2) is 0 Å². The van der Waals surface area contributed by atoms with Gasteiger partial charge in [-0.2, -0.15) is 8.78 Å². The van der Waals surface area contributed by atoms with Gasteiger partial charge in [0, 0.05) is 12.4 Å². The number of alkyl halides is 3. The van der Waals surface area contributed by atoms with E-state index in [2.05, 4.69) is 11.6 Å². The second-order valence-corrected chi connectivity index (χ2v) is 2.04. The van der Waals surface area contributed by atoms with E-state index in [9.17, 15) is 18.7 Å². The second kappa shape index (κ2) is 2.96. The molecule has 0 atom stereocenters. The Bertz CT molecular complexity index is 110. The molecule has 0 bridgehead atoms. The number of hydrogen-bond donors (Lipinski definition) is 0. The number of halogens is 3. The molecule has 0 amide bonds. The van der Waals surface area contributed by atoms with Crippen molar-refractivity contribution in [2.24, 2.45) is 0 Å². The SMILES string of the molecule is O=C([O-])CCC(F)(F)Cl. The van der Waals surface area contributed by atoms with E-state index in [1.165, 1.54) is 0 Å². The van der Waals surface area contributed by atoms with Crippen molar-refractivity contribution in [2.45, 2.75) is 18.2 Å². The average molecular weight is 158 g/mol. The van der Waals surface area contributed by atoms with Crippen molar-refractivity contribution in [2.75, 3.05) is 0 Å². The smallest absolute Gasteiger partial charge is 0.322 e. The van der Waals surface area contributed by atoms with E-state index in [1.807, 2.05) is 0 Å². The first-order valence-corrected chi connectivity index (χ1v) is 2.56. The summed E-state index contributed by atoms with van der Waals surface area (Å²) >= 11 is 4.35. The molecule has 0 aromatic carbocycles. The van der Waals surface area contributed by atoms with Crippen molar-refractivity contribution < 1.29 is 18.7 Å². The van der Waals surface area contributed by atoms with Crippen LogP contribution in [0, 0.1) is 0 Å². The third kappa shape index (κ3) is 7.62. The molecule has 0 rings (SSSR count). The molecule has 0 fully saturated rings. The highest BCUT2D eigenvalue weighted by molar-refractivity contribution is 6.21. The van der Waals surface area contributed by atoms with Gasteiger partial charge in [0.1, 0.15) is 0 Å². The fourth-order valence-corrected chi connectivity index (χ4v) is 0.338. The van der Waals surface area contributed by atoms with E-state index >= 15 is 0 Å². The van der Waals surface area contributed by atoms with Gasteiger partial charge in [-0.15, -0.1) is 0 Å². The zero-order chi connectivity index (χ0) is 7.49. The van der Waals surface area contributed by atoms with Crippen LogP contribution in [-0.2, 0) is 4.79 Å². The molecule has 0 aliphatic carbocycles. The van der Waals surface area contributed by atoms with Crippen LogP contribution < -0.4 is 5.11 Å². The lowest BCUT2D eigenvalue weighted by molar-refractivity contribution is -0.306. The first-order valence-electron chi connectivity index (χ1n) is 2.18. The van der Waals surface area contributed by atoms with Crippen molar-refractivity contribution in [3.05, 3.63) is 0 Å². The molecule has 0 saturated carbocycles. The molecule has 2 nitrogen and oxygen atoms in total. The quantitative estimate of drug-likeness (QED) is 0.555. The van der Waals surface area contributed by atoms with E-state index in [0.717, 1.165) is 0 Å². The summed E-state index contributed by atoms with van der Waals surface area (Å²) in [6, 6.07) is 0. The topological polar surface area (TPSA) is 40.1 Å². The number of aliphatic carboxylic acids is 1. The highest BCUT2D eigenvalue weighted by atomic mass is 35.5. The van der Waals surface area contributed by atoms with Crippen molar-refractivity contribution in [3.63, 3.8) is 0 Å². The van der Waals surface area contributed by atoms with Crippen LogP contribution in [0.15, 0.2) is 0 Å². The molecular weight excluding hydrogens is 153 g/mol. The maximum absolute atomic E-state index is 11.6. The largest absolute Gasteiger partial charge is 0.550 e. The molecule has 0 aliphatic heterocycles. The third-order valence-electron chi connectivity index (χ3n) is 0.613. The molecule has 0 spiro atoms. The Labute approximate surface area is 55.4 Å². The maximum atomic E-state index is 11.6. The number of carboxylic acid groups (broad SMARTS) is 1. The summed E-state index contributed by atoms with van der Waals surface area (Å²) in [6.07, 6.45) is -1.59. The molecular formula is C4H4ClF2O2-. The van der Waals surface area contributed by atoms with Crippen molar-refractivity contribution in [1.82, 2.24) is 0 Å². The molecule has 0 N–H and O–H groups in total. The average Bonchev–Trinajstić information content (AvgIpc) is 1.59. The molecule has 0 heterocycles. The lowest BCUT2D eigenvalue weighted by atomic mass is 10.3. The van der Waals surface area contributed by atoms with Gasteiger partial charge in [-0.05, 0) is 18.0 Å². The van der Waals surface area contributed by atoms with Crippen LogP contribution in [-0.4, -0.2) is 11.4 Å². The monoisotopic (exact) mass is 157 g/mol. The molecule has 0 aromatic rings. The number of carboxylic acids is 1. The van der Waals surface area contributed by atoms with Crippen LogP contribution in [0.25, 0.3) is 0 Å². The third-order valence-corrected chi connectivity index (χ3v) is 0.802. The Hall–Kier alpha value is -0.380. The van der Waals surface area contributed by atoms with Crippen molar-refractivity contribution in [3.8, 4) is 0 Å². The molecule has 54 valence electrons. The zero-order valence-corrected chi connectivity index (χ0v) is 5.12. The summed E-state index contributed by atoms with van der Waals surface area (Å²) in [5.41, 5.74) is 0. The molecule has 0 aliphatic rings. The molecule has 0 radical (unpaired) electrons. The predicted molar refractivity (Wildman–Crippen MR) is 25.0 cm³/mol. The zero-order valence-electron chi connectivity index (χ0n) is 4.36. The van der Waals surface area contributed by atoms with Crippen LogP contribution in [0.2, 0.25) is 0 Å². The first kappa shape index (κ1) is 8.62. The Kier molecular flexibility index (Phi) is 2.84.